The van der Waals surface area contributed by atoms with Gasteiger partial charge in [-0.1, -0.05) is 35.3 Å². The normalized spacial score (nSPS) is 12.4. The lowest BCUT2D eigenvalue weighted by Gasteiger charge is -2.14. The average molecular weight is 285 g/mol. The van der Waals surface area contributed by atoms with E-state index in [-0.39, 0.29) is 12.6 Å². The Bertz CT molecular complexity index is 727. The van der Waals surface area contributed by atoms with Crippen molar-refractivity contribution in [3.63, 3.8) is 0 Å². The molecule has 3 aromatic rings. The molecule has 0 saturated carbocycles. The molecule has 7 heteroatoms. The van der Waals surface area contributed by atoms with Crippen molar-refractivity contribution >= 4 is 22.9 Å². The van der Waals surface area contributed by atoms with Gasteiger partial charge >= 0.3 is 11.6 Å². The first kappa shape index (κ1) is 13.3. The van der Waals surface area contributed by atoms with E-state index < -0.39 is 0 Å². The Balaban J connectivity index is 1.79. The Hall–Kier alpha value is -2.67. The van der Waals surface area contributed by atoms with Crippen molar-refractivity contribution in [3.8, 4) is 0 Å². The van der Waals surface area contributed by atoms with Crippen LogP contribution in [0, 0.1) is 0 Å². The molecule has 21 heavy (non-hydrogen) atoms. The van der Waals surface area contributed by atoms with Gasteiger partial charge in [0.1, 0.15) is 0 Å². The minimum absolute atomic E-state index is 0.0208. The van der Waals surface area contributed by atoms with Crippen LogP contribution in [-0.4, -0.2) is 32.7 Å². The lowest BCUT2D eigenvalue weighted by Crippen LogP contribution is -2.27. The second-order valence-electron chi connectivity index (χ2n) is 4.80. The molecule has 0 saturated heterocycles. The Labute approximate surface area is 121 Å². The summed E-state index contributed by atoms with van der Waals surface area (Å²) in [5, 5.41) is 12.6. The molecule has 0 aliphatic carbocycles. The standard InChI is InChI=1S/C14H16N6O/c15-12-11-13(17-8-16-11)20-14(19-12)18-10(7-21)6-9-4-2-1-3-5-9/h1-5,8,10,21H,6-7H2,(H4,15,16,17,18,19,20)/p+1/t10-/m0/s1. The molecule has 0 fully saturated rings. The van der Waals surface area contributed by atoms with E-state index >= 15 is 0 Å². The molecule has 3 rings (SSSR count). The second kappa shape index (κ2) is 5.76. The zero-order chi connectivity index (χ0) is 14.7. The number of aromatic nitrogens is 4. The predicted molar refractivity (Wildman–Crippen MR) is 79.5 cm³/mol. The highest BCUT2D eigenvalue weighted by atomic mass is 16.3. The van der Waals surface area contributed by atoms with Gasteiger partial charge in [-0.2, -0.15) is 4.98 Å². The van der Waals surface area contributed by atoms with Crippen molar-refractivity contribution in [2.24, 2.45) is 0 Å². The van der Waals surface area contributed by atoms with Crippen molar-refractivity contribution in [1.82, 2.24) is 15.0 Å². The van der Waals surface area contributed by atoms with E-state index in [4.69, 9.17) is 5.73 Å². The summed E-state index contributed by atoms with van der Waals surface area (Å²) in [5.41, 5.74) is 8.29. The van der Waals surface area contributed by atoms with Gasteiger partial charge in [-0.25, -0.2) is 4.98 Å². The van der Waals surface area contributed by atoms with Gasteiger partial charge in [0, 0.05) is 0 Å². The average Bonchev–Trinajstić information content (AvgIpc) is 2.96. The molecule has 0 aliphatic rings. The third-order valence-corrected chi connectivity index (χ3v) is 3.24. The summed E-state index contributed by atoms with van der Waals surface area (Å²) in [4.78, 5) is 14.4. The van der Waals surface area contributed by atoms with Crippen LogP contribution in [0.5, 0.6) is 0 Å². The number of benzene rings is 1. The smallest absolute Gasteiger partial charge is 0.307 e. The molecule has 7 nitrogen and oxygen atoms in total. The number of aliphatic hydroxyl groups excluding tert-OH is 1. The Morgan fingerprint density at radius 2 is 2.10 bits per heavy atom. The molecule has 2 aromatic heterocycles. The van der Waals surface area contributed by atoms with Crippen molar-refractivity contribution < 1.29 is 10.1 Å². The minimum atomic E-state index is -0.178. The van der Waals surface area contributed by atoms with Gasteiger partial charge < -0.3 is 16.2 Å². The molecule has 1 aromatic carbocycles. The molecule has 6 N–H and O–H groups in total. The second-order valence-corrected chi connectivity index (χ2v) is 4.80. The molecular weight excluding hydrogens is 268 g/mol. The Morgan fingerprint density at radius 3 is 2.86 bits per heavy atom. The van der Waals surface area contributed by atoms with Crippen molar-refractivity contribution in [2.75, 3.05) is 17.7 Å². The summed E-state index contributed by atoms with van der Waals surface area (Å²) >= 11 is 0. The number of nitrogens with one attached hydrogen (secondary N) is 3. The van der Waals surface area contributed by atoms with Gasteiger partial charge in [-0.05, 0) is 12.0 Å². The van der Waals surface area contributed by atoms with E-state index in [0.717, 1.165) is 5.56 Å². The molecule has 0 radical (unpaired) electrons. The van der Waals surface area contributed by atoms with Crippen LogP contribution in [0.2, 0.25) is 0 Å². The maximum Gasteiger partial charge on any atom is 0.307 e. The summed E-state index contributed by atoms with van der Waals surface area (Å²) in [6.45, 7) is -0.0208. The van der Waals surface area contributed by atoms with Gasteiger partial charge in [0.05, 0.1) is 12.6 Å². The minimum Gasteiger partial charge on any atom is -0.394 e. The molecule has 0 amide bonds. The largest absolute Gasteiger partial charge is 0.394 e. The molecule has 0 unspecified atom stereocenters. The molecule has 0 bridgehead atoms. The lowest BCUT2D eigenvalue weighted by atomic mass is 10.1. The maximum atomic E-state index is 9.53. The molecule has 2 heterocycles. The molecule has 0 spiro atoms. The summed E-state index contributed by atoms with van der Waals surface area (Å²) in [6, 6.07) is 9.76. The van der Waals surface area contributed by atoms with Crippen LogP contribution in [-0.2, 0) is 6.42 Å². The first-order valence-corrected chi connectivity index (χ1v) is 6.70. The first-order valence-electron chi connectivity index (χ1n) is 6.70. The number of H-pyrrole nitrogens is 2. The van der Waals surface area contributed by atoms with E-state index in [1.807, 2.05) is 30.3 Å². The fourth-order valence-corrected chi connectivity index (χ4v) is 2.21. The topological polar surface area (TPSA) is 114 Å². The molecule has 1 atom stereocenters. The van der Waals surface area contributed by atoms with Gasteiger partial charge in [0.2, 0.25) is 5.52 Å². The van der Waals surface area contributed by atoms with Crippen LogP contribution in [0.1, 0.15) is 5.56 Å². The van der Waals surface area contributed by atoms with Crippen LogP contribution in [0.25, 0.3) is 11.2 Å². The van der Waals surface area contributed by atoms with Crippen LogP contribution in [0.3, 0.4) is 0 Å². The summed E-state index contributed by atoms with van der Waals surface area (Å²) in [6.07, 6.45) is 2.32. The Kier molecular flexibility index (Phi) is 3.65. The predicted octanol–water partition coefficient (Wildman–Crippen LogP) is 0.370. The van der Waals surface area contributed by atoms with Crippen molar-refractivity contribution in [2.45, 2.75) is 12.5 Å². The number of nitrogens with zero attached hydrogens (tertiary/aromatic N) is 2. The highest BCUT2D eigenvalue weighted by Gasteiger charge is 2.16. The summed E-state index contributed by atoms with van der Waals surface area (Å²) in [7, 11) is 0. The van der Waals surface area contributed by atoms with E-state index in [0.29, 0.717) is 29.4 Å². The Morgan fingerprint density at radius 1 is 1.29 bits per heavy atom. The number of nitrogen functional groups attached to an aromatic ring is 1. The number of hydrogen-bond acceptors (Lipinski definition) is 5. The molecular formula is C14H17N6O+. The monoisotopic (exact) mass is 285 g/mol. The van der Waals surface area contributed by atoms with Gasteiger partial charge in [-0.3, -0.25) is 4.98 Å². The van der Waals surface area contributed by atoms with E-state index in [1.165, 1.54) is 0 Å². The number of hydrogen-bond donors (Lipinski definition) is 4. The number of imidazole rings is 1. The lowest BCUT2D eigenvalue weighted by molar-refractivity contribution is -0.347. The van der Waals surface area contributed by atoms with Crippen LogP contribution in [0.15, 0.2) is 36.7 Å². The summed E-state index contributed by atoms with van der Waals surface area (Å²) < 4.78 is 0. The first-order chi connectivity index (χ1) is 10.3. The van der Waals surface area contributed by atoms with E-state index in [1.54, 1.807) is 6.33 Å². The van der Waals surface area contributed by atoms with E-state index in [2.05, 4.69) is 25.3 Å². The number of aliphatic hydroxyl groups is 1. The van der Waals surface area contributed by atoms with Crippen LogP contribution in [0.4, 0.5) is 11.8 Å². The van der Waals surface area contributed by atoms with Gasteiger partial charge in [-0.15, -0.1) is 0 Å². The fourth-order valence-electron chi connectivity index (χ4n) is 2.21. The zero-order valence-electron chi connectivity index (χ0n) is 11.4. The number of aromatic amines is 2. The maximum absolute atomic E-state index is 9.53. The molecule has 0 aliphatic heterocycles. The van der Waals surface area contributed by atoms with Gasteiger partial charge in [0.25, 0.3) is 0 Å². The third-order valence-electron chi connectivity index (χ3n) is 3.24. The van der Waals surface area contributed by atoms with Crippen LogP contribution >= 0.6 is 0 Å². The van der Waals surface area contributed by atoms with Crippen molar-refractivity contribution in [3.05, 3.63) is 42.2 Å². The van der Waals surface area contributed by atoms with Gasteiger partial charge in [0.15, 0.2) is 12.1 Å². The number of fused-ring (bicyclic) bond motifs is 1. The fraction of sp³-hybridized carbons (Fsp3) is 0.214. The number of anilines is 2. The number of rotatable bonds is 5. The third kappa shape index (κ3) is 2.92. The highest BCUT2D eigenvalue weighted by Crippen LogP contribution is 2.14. The molecule has 108 valence electrons. The zero-order valence-corrected chi connectivity index (χ0v) is 11.4. The van der Waals surface area contributed by atoms with Crippen molar-refractivity contribution in [1.29, 1.82) is 0 Å². The SMILES string of the molecule is Nc1nc(N[C@H](CO)Cc2ccccc2)nc2[nH+]c[nH]c12. The highest BCUT2D eigenvalue weighted by molar-refractivity contribution is 5.79. The number of nitrogens with two attached hydrogens (primary N) is 1. The summed E-state index contributed by atoms with van der Waals surface area (Å²) in [5.74, 6) is 0.756. The quantitative estimate of drug-likeness (QED) is 0.541. The van der Waals surface area contributed by atoms with Crippen LogP contribution < -0.4 is 16.0 Å². The van der Waals surface area contributed by atoms with E-state index in [9.17, 15) is 5.11 Å².